The second-order valence-electron chi connectivity index (χ2n) is 5.29. The van der Waals surface area contributed by atoms with Crippen molar-refractivity contribution in [1.82, 2.24) is 4.90 Å². The third kappa shape index (κ3) is 2.65. The minimum absolute atomic E-state index is 0.614. The zero-order valence-corrected chi connectivity index (χ0v) is 11.5. The van der Waals surface area contributed by atoms with Crippen molar-refractivity contribution in [3.63, 3.8) is 0 Å². The van der Waals surface area contributed by atoms with Gasteiger partial charge in [-0.2, -0.15) is 5.26 Å². The van der Waals surface area contributed by atoms with Gasteiger partial charge in [0.2, 0.25) is 0 Å². The number of hydrogen-bond acceptors (Lipinski definition) is 3. The predicted octanol–water partition coefficient (Wildman–Crippen LogP) is 2.40. The molecule has 1 fully saturated rings. The van der Waals surface area contributed by atoms with Crippen molar-refractivity contribution in [3.05, 3.63) is 29.3 Å². The van der Waals surface area contributed by atoms with E-state index < -0.39 is 0 Å². The molecule has 1 aliphatic heterocycles. The van der Waals surface area contributed by atoms with Gasteiger partial charge in [-0.1, -0.05) is 6.07 Å². The van der Waals surface area contributed by atoms with E-state index >= 15 is 0 Å². The van der Waals surface area contributed by atoms with E-state index in [4.69, 9.17) is 0 Å². The third-order valence-corrected chi connectivity index (χ3v) is 3.84. The molecule has 96 valence electrons. The van der Waals surface area contributed by atoms with Crippen molar-refractivity contribution in [2.24, 2.45) is 0 Å². The number of aryl methyl sites for hydroxylation is 1. The van der Waals surface area contributed by atoms with E-state index in [1.165, 1.54) is 19.4 Å². The van der Waals surface area contributed by atoms with E-state index in [0.717, 1.165) is 23.4 Å². The quantitative estimate of drug-likeness (QED) is 0.816. The highest BCUT2D eigenvalue weighted by atomic mass is 15.2. The lowest BCUT2D eigenvalue weighted by Gasteiger charge is -2.28. The van der Waals surface area contributed by atoms with Crippen molar-refractivity contribution in [2.45, 2.75) is 25.8 Å². The first kappa shape index (κ1) is 12.9. The van der Waals surface area contributed by atoms with Gasteiger partial charge < -0.3 is 9.80 Å². The van der Waals surface area contributed by atoms with Crippen molar-refractivity contribution >= 4 is 5.69 Å². The molecule has 2 rings (SSSR count). The summed E-state index contributed by atoms with van der Waals surface area (Å²) in [6, 6.07) is 9.01. The van der Waals surface area contributed by atoms with Crippen LogP contribution in [0.5, 0.6) is 0 Å². The summed E-state index contributed by atoms with van der Waals surface area (Å²) in [6.45, 7) is 4.21. The summed E-state index contributed by atoms with van der Waals surface area (Å²) in [6.07, 6.45) is 2.54. The van der Waals surface area contributed by atoms with Crippen LogP contribution in [0.25, 0.3) is 0 Å². The van der Waals surface area contributed by atoms with Gasteiger partial charge in [0.1, 0.15) is 6.07 Å². The molecular formula is C15H21N3. The van der Waals surface area contributed by atoms with E-state index in [1.807, 2.05) is 13.0 Å². The molecule has 0 N–H and O–H groups in total. The molecule has 1 unspecified atom stereocenters. The summed E-state index contributed by atoms with van der Waals surface area (Å²) < 4.78 is 0. The third-order valence-electron chi connectivity index (χ3n) is 3.84. The first-order valence-electron chi connectivity index (χ1n) is 6.54. The predicted molar refractivity (Wildman–Crippen MR) is 74.8 cm³/mol. The number of likely N-dealkylation sites (tertiary alicyclic amines) is 1. The molecule has 18 heavy (non-hydrogen) atoms. The Morgan fingerprint density at radius 1 is 1.50 bits per heavy atom. The van der Waals surface area contributed by atoms with Crippen molar-refractivity contribution in [1.29, 1.82) is 5.26 Å². The molecule has 0 amide bonds. The summed E-state index contributed by atoms with van der Waals surface area (Å²) in [5, 5.41) is 9.22. The van der Waals surface area contributed by atoms with Crippen LogP contribution in [0.2, 0.25) is 0 Å². The molecule has 0 aliphatic carbocycles. The SMILES string of the molecule is Cc1ccc(N(C)CC2CCCN2C)c(C#N)c1. The highest BCUT2D eigenvalue weighted by Gasteiger charge is 2.22. The molecule has 1 aliphatic rings. The maximum absolute atomic E-state index is 9.22. The normalized spacial score (nSPS) is 19.8. The van der Waals surface area contributed by atoms with Gasteiger partial charge in [-0.3, -0.25) is 0 Å². The number of likely N-dealkylation sites (N-methyl/N-ethyl adjacent to an activating group) is 2. The fourth-order valence-corrected chi connectivity index (χ4v) is 2.70. The standard InChI is InChI=1S/C15H21N3/c1-12-6-7-15(13(9-12)10-16)18(3)11-14-5-4-8-17(14)2/h6-7,9,14H,4-5,8,11H2,1-3H3. The van der Waals surface area contributed by atoms with Gasteiger partial charge in [0.05, 0.1) is 11.3 Å². The van der Waals surface area contributed by atoms with Crippen LogP contribution in [-0.4, -0.2) is 38.1 Å². The molecule has 3 nitrogen and oxygen atoms in total. The number of hydrogen-bond donors (Lipinski definition) is 0. The molecule has 0 aromatic heterocycles. The molecule has 0 saturated carbocycles. The zero-order chi connectivity index (χ0) is 13.1. The first-order valence-corrected chi connectivity index (χ1v) is 6.54. The maximum Gasteiger partial charge on any atom is 0.101 e. The van der Waals surface area contributed by atoms with E-state index in [9.17, 15) is 5.26 Å². The van der Waals surface area contributed by atoms with Gasteiger partial charge in [0.15, 0.2) is 0 Å². The average Bonchev–Trinajstić information content (AvgIpc) is 2.74. The molecule has 0 spiro atoms. The van der Waals surface area contributed by atoms with Gasteiger partial charge in [0.25, 0.3) is 0 Å². The van der Waals surface area contributed by atoms with Gasteiger partial charge >= 0.3 is 0 Å². The minimum Gasteiger partial charge on any atom is -0.372 e. The Bertz CT molecular complexity index is 461. The zero-order valence-electron chi connectivity index (χ0n) is 11.5. The van der Waals surface area contributed by atoms with Gasteiger partial charge in [-0.05, 0) is 51.1 Å². The average molecular weight is 243 g/mol. The minimum atomic E-state index is 0.614. The topological polar surface area (TPSA) is 30.3 Å². The summed E-state index contributed by atoms with van der Waals surface area (Å²) in [4.78, 5) is 4.63. The highest BCUT2D eigenvalue weighted by molar-refractivity contribution is 5.60. The molecule has 1 saturated heterocycles. The molecule has 0 radical (unpaired) electrons. The smallest absolute Gasteiger partial charge is 0.101 e. The van der Waals surface area contributed by atoms with E-state index in [0.29, 0.717) is 6.04 Å². The van der Waals surface area contributed by atoms with Crippen LogP contribution in [0, 0.1) is 18.3 Å². The van der Waals surface area contributed by atoms with Crippen molar-refractivity contribution in [3.8, 4) is 6.07 Å². The van der Waals surface area contributed by atoms with Crippen LogP contribution in [0.3, 0.4) is 0 Å². The Balaban J connectivity index is 2.13. The molecular weight excluding hydrogens is 222 g/mol. The molecule has 1 heterocycles. The monoisotopic (exact) mass is 243 g/mol. The summed E-state index contributed by atoms with van der Waals surface area (Å²) in [5.41, 5.74) is 2.96. The number of anilines is 1. The fourth-order valence-electron chi connectivity index (χ4n) is 2.70. The lowest BCUT2D eigenvalue weighted by Crippen LogP contribution is -2.36. The number of benzene rings is 1. The number of nitriles is 1. The van der Waals surface area contributed by atoms with Crippen LogP contribution in [0.1, 0.15) is 24.0 Å². The Kier molecular flexibility index (Phi) is 3.88. The van der Waals surface area contributed by atoms with Crippen LogP contribution in [-0.2, 0) is 0 Å². The molecule has 1 aromatic rings. The fraction of sp³-hybridized carbons (Fsp3) is 0.533. The highest BCUT2D eigenvalue weighted by Crippen LogP contribution is 2.23. The summed E-state index contributed by atoms with van der Waals surface area (Å²) in [5.74, 6) is 0. The number of rotatable bonds is 3. The number of nitrogens with zero attached hydrogens (tertiary/aromatic N) is 3. The summed E-state index contributed by atoms with van der Waals surface area (Å²) >= 11 is 0. The van der Waals surface area contributed by atoms with Gasteiger partial charge in [-0.15, -0.1) is 0 Å². The molecule has 0 bridgehead atoms. The van der Waals surface area contributed by atoms with Crippen LogP contribution >= 0.6 is 0 Å². The molecule has 1 aromatic carbocycles. The second-order valence-corrected chi connectivity index (χ2v) is 5.29. The lowest BCUT2D eigenvalue weighted by atomic mass is 10.1. The van der Waals surface area contributed by atoms with Crippen molar-refractivity contribution < 1.29 is 0 Å². The van der Waals surface area contributed by atoms with Gasteiger partial charge in [0, 0.05) is 19.6 Å². The summed E-state index contributed by atoms with van der Waals surface area (Å²) in [7, 11) is 4.27. The van der Waals surface area contributed by atoms with E-state index in [1.54, 1.807) is 0 Å². The first-order chi connectivity index (χ1) is 8.61. The Labute approximate surface area is 110 Å². The lowest BCUT2D eigenvalue weighted by molar-refractivity contribution is 0.314. The Hall–Kier alpha value is -1.53. The van der Waals surface area contributed by atoms with Crippen LogP contribution in [0.4, 0.5) is 5.69 Å². The maximum atomic E-state index is 9.22. The molecule has 3 heteroatoms. The van der Waals surface area contributed by atoms with Crippen molar-refractivity contribution in [2.75, 3.05) is 32.1 Å². The van der Waals surface area contributed by atoms with E-state index in [-0.39, 0.29) is 0 Å². The Morgan fingerprint density at radius 2 is 2.28 bits per heavy atom. The van der Waals surface area contributed by atoms with Crippen LogP contribution < -0.4 is 4.90 Å². The largest absolute Gasteiger partial charge is 0.372 e. The molecule has 1 atom stereocenters. The Morgan fingerprint density at radius 3 is 2.89 bits per heavy atom. The van der Waals surface area contributed by atoms with E-state index in [2.05, 4.69) is 42.1 Å². The van der Waals surface area contributed by atoms with Gasteiger partial charge in [-0.25, -0.2) is 0 Å². The second kappa shape index (κ2) is 5.41. The van der Waals surface area contributed by atoms with Crippen LogP contribution in [0.15, 0.2) is 18.2 Å².